The lowest BCUT2D eigenvalue weighted by atomic mass is 10.2. The Balaban J connectivity index is 2.25. The minimum atomic E-state index is 0.993. The fourth-order valence-electron chi connectivity index (χ4n) is 2.67. The number of nitrogens with one attached hydrogen (secondary N) is 1. The second-order valence-corrected chi connectivity index (χ2v) is 4.57. The molecule has 0 aliphatic rings. The number of nitrogens with zero attached hydrogens (tertiary/aromatic N) is 2. The molecular formula is C15H13N3. The number of rotatable bonds is 1. The molecule has 0 amide bonds. The standard InChI is InChI=1S/C15H13N3/c1-2-10-9-16-15-14-12(7-8-18(10)15)11-5-3-4-6-13(11)17-14/h3-9,17H,2H2,1H3. The number of hydrogen-bond donors (Lipinski definition) is 1. The summed E-state index contributed by atoms with van der Waals surface area (Å²) in [6.45, 7) is 2.15. The fraction of sp³-hybridized carbons (Fsp3) is 0.133. The Morgan fingerprint density at radius 3 is 2.94 bits per heavy atom. The first-order chi connectivity index (χ1) is 8.88. The lowest BCUT2D eigenvalue weighted by Crippen LogP contribution is -1.90. The van der Waals surface area contributed by atoms with Crippen LogP contribution in [0.4, 0.5) is 0 Å². The molecule has 0 spiro atoms. The summed E-state index contributed by atoms with van der Waals surface area (Å²) < 4.78 is 2.16. The predicted molar refractivity (Wildman–Crippen MR) is 73.9 cm³/mol. The zero-order chi connectivity index (χ0) is 12.1. The third kappa shape index (κ3) is 1.11. The molecule has 18 heavy (non-hydrogen) atoms. The molecule has 3 aromatic heterocycles. The van der Waals surface area contributed by atoms with Crippen LogP contribution in [0.2, 0.25) is 0 Å². The van der Waals surface area contributed by atoms with Crippen molar-refractivity contribution >= 4 is 27.5 Å². The average Bonchev–Trinajstić information content (AvgIpc) is 2.99. The Labute approximate surface area is 104 Å². The van der Waals surface area contributed by atoms with E-state index in [0.29, 0.717) is 0 Å². The number of aromatic amines is 1. The van der Waals surface area contributed by atoms with Gasteiger partial charge in [-0.15, -0.1) is 0 Å². The molecule has 0 unspecified atom stereocenters. The van der Waals surface area contributed by atoms with Crippen molar-refractivity contribution in [3.63, 3.8) is 0 Å². The summed E-state index contributed by atoms with van der Waals surface area (Å²) in [5.74, 6) is 0. The molecule has 1 N–H and O–H groups in total. The Morgan fingerprint density at radius 1 is 1.17 bits per heavy atom. The van der Waals surface area contributed by atoms with Crippen molar-refractivity contribution in [2.75, 3.05) is 0 Å². The largest absolute Gasteiger partial charge is 0.351 e. The summed E-state index contributed by atoms with van der Waals surface area (Å²) in [5.41, 5.74) is 4.55. The van der Waals surface area contributed by atoms with Gasteiger partial charge in [0, 0.05) is 34.4 Å². The molecule has 0 atom stereocenters. The number of aryl methyl sites for hydroxylation is 1. The first-order valence-electron chi connectivity index (χ1n) is 6.24. The third-order valence-electron chi connectivity index (χ3n) is 3.60. The molecule has 3 heteroatoms. The van der Waals surface area contributed by atoms with Crippen molar-refractivity contribution in [2.24, 2.45) is 0 Å². The van der Waals surface area contributed by atoms with Gasteiger partial charge >= 0.3 is 0 Å². The average molecular weight is 235 g/mol. The molecule has 0 bridgehead atoms. The predicted octanol–water partition coefficient (Wildman–Crippen LogP) is 3.53. The van der Waals surface area contributed by atoms with E-state index in [-0.39, 0.29) is 0 Å². The van der Waals surface area contributed by atoms with Crippen molar-refractivity contribution in [3.05, 3.63) is 48.4 Å². The van der Waals surface area contributed by atoms with Crippen molar-refractivity contribution in [1.29, 1.82) is 0 Å². The molecule has 3 nitrogen and oxygen atoms in total. The molecule has 88 valence electrons. The third-order valence-corrected chi connectivity index (χ3v) is 3.60. The first kappa shape index (κ1) is 9.71. The van der Waals surface area contributed by atoms with Crippen molar-refractivity contribution in [1.82, 2.24) is 14.4 Å². The summed E-state index contributed by atoms with van der Waals surface area (Å²) in [7, 11) is 0. The van der Waals surface area contributed by atoms with Crippen LogP contribution < -0.4 is 0 Å². The number of pyridine rings is 1. The van der Waals surface area contributed by atoms with Gasteiger partial charge in [0.2, 0.25) is 0 Å². The smallest absolute Gasteiger partial charge is 0.161 e. The summed E-state index contributed by atoms with van der Waals surface area (Å²) in [6.07, 6.45) is 5.07. The van der Waals surface area contributed by atoms with Crippen molar-refractivity contribution < 1.29 is 0 Å². The van der Waals surface area contributed by atoms with Gasteiger partial charge in [-0.25, -0.2) is 4.98 Å². The maximum Gasteiger partial charge on any atom is 0.161 e. The molecule has 4 rings (SSSR count). The lowest BCUT2D eigenvalue weighted by Gasteiger charge is -1.99. The van der Waals surface area contributed by atoms with Crippen molar-refractivity contribution in [2.45, 2.75) is 13.3 Å². The molecule has 0 radical (unpaired) electrons. The quantitative estimate of drug-likeness (QED) is 0.538. The van der Waals surface area contributed by atoms with Crippen LogP contribution in [-0.4, -0.2) is 14.4 Å². The van der Waals surface area contributed by atoms with Gasteiger partial charge in [-0.3, -0.25) is 0 Å². The summed E-state index contributed by atoms with van der Waals surface area (Å²) in [6, 6.07) is 10.5. The highest BCUT2D eigenvalue weighted by atomic mass is 15.0. The van der Waals surface area contributed by atoms with Crippen LogP contribution in [0.3, 0.4) is 0 Å². The molecule has 0 aliphatic carbocycles. The van der Waals surface area contributed by atoms with Crippen LogP contribution in [0.15, 0.2) is 42.7 Å². The van der Waals surface area contributed by atoms with Crippen LogP contribution in [0, 0.1) is 0 Å². The Morgan fingerprint density at radius 2 is 2.06 bits per heavy atom. The Hall–Kier alpha value is -2.29. The lowest BCUT2D eigenvalue weighted by molar-refractivity contribution is 0.998. The minimum absolute atomic E-state index is 0.993. The van der Waals surface area contributed by atoms with Gasteiger partial charge in [-0.1, -0.05) is 25.1 Å². The topological polar surface area (TPSA) is 33.1 Å². The van der Waals surface area contributed by atoms with Crippen LogP contribution in [-0.2, 0) is 6.42 Å². The summed E-state index contributed by atoms with van der Waals surface area (Å²) in [5, 5.41) is 2.50. The van der Waals surface area contributed by atoms with Crippen LogP contribution in [0.5, 0.6) is 0 Å². The highest BCUT2D eigenvalue weighted by Crippen LogP contribution is 2.27. The second kappa shape index (κ2) is 3.35. The number of imidazole rings is 1. The minimum Gasteiger partial charge on any atom is -0.351 e. The zero-order valence-corrected chi connectivity index (χ0v) is 10.1. The molecule has 1 aromatic carbocycles. The summed E-state index contributed by atoms with van der Waals surface area (Å²) in [4.78, 5) is 8.02. The van der Waals surface area contributed by atoms with E-state index >= 15 is 0 Å². The Kier molecular flexibility index (Phi) is 1.81. The van der Waals surface area contributed by atoms with E-state index < -0.39 is 0 Å². The van der Waals surface area contributed by atoms with Gasteiger partial charge in [0.1, 0.15) is 0 Å². The molecule has 3 heterocycles. The Bertz CT molecular complexity index is 867. The van der Waals surface area contributed by atoms with Crippen LogP contribution >= 0.6 is 0 Å². The molecule has 4 aromatic rings. The number of hydrogen-bond acceptors (Lipinski definition) is 1. The molecule has 0 saturated carbocycles. The van der Waals surface area contributed by atoms with Gasteiger partial charge in [-0.2, -0.15) is 0 Å². The summed E-state index contributed by atoms with van der Waals surface area (Å²) >= 11 is 0. The van der Waals surface area contributed by atoms with E-state index in [4.69, 9.17) is 0 Å². The number of para-hydroxylation sites is 1. The molecular weight excluding hydrogens is 222 g/mol. The number of benzene rings is 1. The zero-order valence-electron chi connectivity index (χ0n) is 10.1. The highest BCUT2D eigenvalue weighted by molar-refractivity contribution is 6.11. The van der Waals surface area contributed by atoms with Gasteiger partial charge < -0.3 is 9.38 Å². The maximum atomic E-state index is 4.54. The van der Waals surface area contributed by atoms with E-state index in [1.54, 1.807) is 0 Å². The monoisotopic (exact) mass is 235 g/mol. The first-order valence-corrected chi connectivity index (χ1v) is 6.24. The molecule has 0 saturated heterocycles. The fourth-order valence-corrected chi connectivity index (χ4v) is 2.67. The van der Waals surface area contributed by atoms with E-state index in [2.05, 4.69) is 57.8 Å². The van der Waals surface area contributed by atoms with Gasteiger partial charge in [0.05, 0.1) is 5.52 Å². The highest BCUT2D eigenvalue weighted by Gasteiger charge is 2.09. The normalized spacial score (nSPS) is 11.8. The van der Waals surface area contributed by atoms with E-state index in [9.17, 15) is 0 Å². The second-order valence-electron chi connectivity index (χ2n) is 4.57. The SMILES string of the molecule is CCc1cnc2c3[nH]c4ccccc4c3ccn12. The van der Waals surface area contributed by atoms with Gasteiger partial charge in [0.25, 0.3) is 0 Å². The maximum absolute atomic E-state index is 4.54. The molecule has 0 aliphatic heterocycles. The van der Waals surface area contributed by atoms with E-state index in [1.807, 2.05) is 6.20 Å². The number of H-pyrrole nitrogens is 1. The van der Waals surface area contributed by atoms with Crippen LogP contribution in [0.25, 0.3) is 27.5 Å². The van der Waals surface area contributed by atoms with Crippen LogP contribution in [0.1, 0.15) is 12.6 Å². The van der Waals surface area contributed by atoms with Gasteiger partial charge in [-0.05, 0) is 18.6 Å². The number of fused-ring (bicyclic) bond motifs is 5. The molecule has 0 fully saturated rings. The van der Waals surface area contributed by atoms with E-state index in [1.165, 1.54) is 22.0 Å². The van der Waals surface area contributed by atoms with Gasteiger partial charge in [0.15, 0.2) is 5.65 Å². The van der Waals surface area contributed by atoms with E-state index in [0.717, 1.165) is 17.6 Å². The van der Waals surface area contributed by atoms with Crippen molar-refractivity contribution in [3.8, 4) is 0 Å². The number of aromatic nitrogens is 3.